The van der Waals surface area contributed by atoms with Gasteiger partial charge in [-0.1, -0.05) is 22.9 Å². The number of hydrogen-bond acceptors (Lipinski definition) is 1. The molecular formula is C13H15BrF3NO. The van der Waals surface area contributed by atoms with Crippen LogP contribution in [0, 0.1) is 0 Å². The van der Waals surface area contributed by atoms with E-state index in [1.807, 2.05) is 20.8 Å². The van der Waals surface area contributed by atoms with Gasteiger partial charge in [0, 0.05) is 15.6 Å². The van der Waals surface area contributed by atoms with E-state index in [0.717, 1.165) is 6.07 Å². The summed E-state index contributed by atoms with van der Waals surface area (Å²) in [4.78, 5) is 11.9. The number of alkyl halides is 3. The predicted molar refractivity (Wildman–Crippen MR) is 71.0 cm³/mol. The first-order chi connectivity index (χ1) is 8.57. The van der Waals surface area contributed by atoms with Crippen LogP contribution in [0.5, 0.6) is 0 Å². The van der Waals surface area contributed by atoms with Gasteiger partial charge in [-0.05, 0) is 38.5 Å². The molecule has 6 heteroatoms. The lowest BCUT2D eigenvalue weighted by atomic mass is 10.0. The van der Waals surface area contributed by atoms with Gasteiger partial charge in [-0.2, -0.15) is 13.2 Å². The molecule has 0 aliphatic heterocycles. The average molecular weight is 338 g/mol. The van der Waals surface area contributed by atoms with E-state index in [2.05, 4.69) is 21.2 Å². The third-order valence-corrected chi connectivity index (χ3v) is 3.56. The fourth-order valence-corrected chi connectivity index (χ4v) is 1.82. The highest BCUT2D eigenvalue weighted by Gasteiger charge is 2.33. The highest BCUT2D eigenvalue weighted by atomic mass is 79.9. The second-order valence-electron chi connectivity index (χ2n) is 4.88. The van der Waals surface area contributed by atoms with Crippen LogP contribution < -0.4 is 5.32 Å². The highest BCUT2D eigenvalue weighted by Crippen LogP contribution is 2.35. The van der Waals surface area contributed by atoms with Crippen LogP contribution in [0.3, 0.4) is 0 Å². The molecule has 0 aliphatic carbocycles. The number of amides is 1. The quantitative estimate of drug-likeness (QED) is 0.870. The van der Waals surface area contributed by atoms with Crippen LogP contribution in [0.15, 0.2) is 22.7 Å². The molecule has 0 fully saturated rings. The van der Waals surface area contributed by atoms with E-state index >= 15 is 0 Å². The van der Waals surface area contributed by atoms with E-state index in [1.54, 1.807) is 0 Å². The summed E-state index contributed by atoms with van der Waals surface area (Å²) in [5.74, 6) is -0.509. The topological polar surface area (TPSA) is 29.1 Å². The van der Waals surface area contributed by atoms with Crippen molar-refractivity contribution in [3.63, 3.8) is 0 Å². The number of halogens is 4. The molecule has 0 bridgehead atoms. The van der Waals surface area contributed by atoms with Crippen LogP contribution in [0.25, 0.3) is 0 Å². The maximum Gasteiger partial charge on any atom is 0.417 e. The molecule has 0 heterocycles. The van der Waals surface area contributed by atoms with Crippen molar-refractivity contribution in [2.75, 3.05) is 0 Å². The molecule has 1 rings (SSSR count). The van der Waals surface area contributed by atoms with Gasteiger partial charge in [0.2, 0.25) is 0 Å². The first-order valence-electron chi connectivity index (χ1n) is 5.76. The summed E-state index contributed by atoms with van der Waals surface area (Å²) in [5, 5.41) is 2.70. The molecule has 0 saturated heterocycles. The van der Waals surface area contributed by atoms with Gasteiger partial charge in [-0.15, -0.1) is 0 Å². The molecule has 1 aromatic carbocycles. The van der Waals surface area contributed by atoms with Gasteiger partial charge in [0.1, 0.15) is 0 Å². The Morgan fingerprint density at radius 1 is 1.32 bits per heavy atom. The molecule has 0 aliphatic rings. The second kappa shape index (κ2) is 5.53. The lowest BCUT2D eigenvalue weighted by Crippen LogP contribution is -2.42. The molecule has 0 radical (unpaired) electrons. The summed E-state index contributed by atoms with van der Waals surface area (Å²) in [6.45, 7) is 5.52. The van der Waals surface area contributed by atoms with E-state index in [9.17, 15) is 18.0 Å². The lowest BCUT2D eigenvalue weighted by Gasteiger charge is -2.24. The fraction of sp³-hybridized carbons (Fsp3) is 0.462. The maximum atomic E-state index is 12.7. The van der Waals surface area contributed by atoms with Gasteiger partial charge >= 0.3 is 6.18 Å². The number of carbonyl (C=O) groups is 1. The molecule has 2 nitrogen and oxygen atoms in total. The van der Waals surface area contributed by atoms with E-state index in [-0.39, 0.29) is 10.0 Å². The van der Waals surface area contributed by atoms with Crippen molar-refractivity contribution in [3.8, 4) is 0 Å². The van der Waals surface area contributed by atoms with Gasteiger partial charge in [-0.25, -0.2) is 0 Å². The Hall–Kier alpha value is -1.04. The van der Waals surface area contributed by atoms with Crippen LogP contribution in [-0.4, -0.2) is 11.4 Å². The molecule has 0 saturated carbocycles. The lowest BCUT2D eigenvalue weighted by molar-refractivity contribution is -0.138. The summed E-state index contributed by atoms with van der Waals surface area (Å²) in [5.41, 5.74) is -1.31. The molecule has 0 atom stereocenters. The standard InChI is InChI=1S/C13H15BrF3NO/c1-4-12(2,3)18-11(19)8-5-6-10(14)9(7-8)13(15,16)17/h5-7H,4H2,1-3H3,(H,18,19). The van der Waals surface area contributed by atoms with Crippen molar-refractivity contribution in [3.05, 3.63) is 33.8 Å². The minimum Gasteiger partial charge on any atom is -0.347 e. The second-order valence-corrected chi connectivity index (χ2v) is 5.74. The van der Waals surface area contributed by atoms with Crippen LogP contribution in [-0.2, 0) is 6.18 Å². The third-order valence-electron chi connectivity index (χ3n) is 2.87. The summed E-state index contributed by atoms with van der Waals surface area (Å²) in [7, 11) is 0. The van der Waals surface area contributed by atoms with Crippen LogP contribution in [0.1, 0.15) is 43.1 Å². The van der Waals surface area contributed by atoms with Crippen molar-refractivity contribution in [1.29, 1.82) is 0 Å². The molecule has 19 heavy (non-hydrogen) atoms. The van der Waals surface area contributed by atoms with E-state index in [0.29, 0.717) is 6.42 Å². The Bertz CT molecular complexity index is 483. The molecular weight excluding hydrogens is 323 g/mol. The zero-order valence-corrected chi connectivity index (χ0v) is 12.4. The Kier molecular flexibility index (Phi) is 4.66. The van der Waals surface area contributed by atoms with Gasteiger partial charge in [0.25, 0.3) is 5.91 Å². The highest BCUT2D eigenvalue weighted by molar-refractivity contribution is 9.10. The largest absolute Gasteiger partial charge is 0.417 e. The Morgan fingerprint density at radius 2 is 1.89 bits per heavy atom. The van der Waals surface area contributed by atoms with Crippen molar-refractivity contribution >= 4 is 21.8 Å². The van der Waals surface area contributed by atoms with Gasteiger partial charge in [-0.3, -0.25) is 4.79 Å². The van der Waals surface area contributed by atoms with Crippen molar-refractivity contribution < 1.29 is 18.0 Å². The summed E-state index contributed by atoms with van der Waals surface area (Å²) in [6, 6.07) is 3.45. The molecule has 1 N–H and O–H groups in total. The first kappa shape index (κ1) is 16.0. The van der Waals surface area contributed by atoms with E-state index in [1.165, 1.54) is 12.1 Å². The summed E-state index contributed by atoms with van der Waals surface area (Å²) >= 11 is 2.84. The zero-order chi connectivity index (χ0) is 14.8. The van der Waals surface area contributed by atoms with Gasteiger partial charge in [0.15, 0.2) is 0 Å². The molecule has 0 unspecified atom stereocenters. The zero-order valence-electron chi connectivity index (χ0n) is 10.9. The Labute approximate surface area is 118 Å². The van der Waals surface area contributed by atoms with Gasteiger partial charge < -0.3 is 5.32 Å². The van der Waals surface area contributed by atoms with E-state index < -0.39 is 23.2 Å². The molecule has 1 aromatic rings. The summed E-state index contributed by atoms with van der Waals surface area (Å²) in [6.07, 6.45) is -3.81. The SMILES string of the molecule is CCC(C)(C)NC(=O)c1ccc(Br)c(C(F)(F)F)c1. The molecule has 106 valence electrons. The first-order valence-corrected chi connectivity index (χ1v) is 6.55. The number of nitrogens with one attached hydrogen (secondary N) is 1. The van der Waals surface area contributed by atoms with Gasteiger partial charge in [0.05, 0.1) is 5.56 Å². The third kappa shape index (κ3) is 4.23. The predicted octanol–water partition coefficient (Wildman–Crippen LogP) is 4.39. The molecule has 0 aromatic heterocycles. The normalized spacial score (nSPS) is 12.4. The van der Waals surface area contributed by atoms with Crippen LogP contribution in [0.2, 0.25) is 0 Å². The Morgan fingerprint density at radius 3 is 2.37 bits per heavy atom. The smallest absolute Gasteiger partial charge is 0.347 e. The number of hydrogen-bond donors (Lipinski definition) is 1. The van der Waals surface area contributed by atoms with E-state index in [4.69, 9.17) is 0 Å². The maximum absolute atomic E-state index is 12.7. The molecule has 1 amide bonds. The monoisotopic (exact) mass is 337 g/mol. The fourth-order valence-electron chi connectivity index (χ4n) is 1.35. The number of carbonyl (C=O) groups excluding carboxylic acids is 1. The molecule has 0 spiro atoms. The minimum absolute atomic E-state index is 0.00273. The number of benzene rings is 1. The number of rotatable bonds is 3. The Balaban J connectivity index is 3.07. The van der Waals surface area contributed by atoms with Crippen molar-refractivity contribution in [1.82, 2.24) is 5.32 Å². The van der Waals surface area contributed by atoms with Crippen molar-refractivity contribution in [2.24, 2.45) is 0 Å². The van der Waals surface area contributed by atoms with Crippen molar-refractivity contribution in [2.45, 2.75) is 38.9 Å². The minimum atomic E-state index is -4.49. The van der Waals surface area contributed by atoms with Crippen LogP contribution in [0.4, 0.5) is 13.2 Å². The summed E-state index contributed by atoms with van der Waals surface area (Å²) < 4.78 is 38.1. The van der Waals surface area contributed by atoms with Crippen LogP contribution >= 0.6 is 15.9 Å². The average Bonchev–Trinajstić information content (AvgIpc) is 2.27.